The lowest BCUT2D eigenvalue weighted by molar-refractivity contribution is -0.265. The Morgan fingerprint density at radius 3 is 2.23 bits per heavy atom. The van der Waals surface area contributed by atoms with Crippen LogP contribution in [0.4, 0.5) is 0 Å². The minimum absolute atomic E-state index is 0.520. The second-order valence-corrected chi connectivity index (χ2v) is 2.88. The highest BCUT2D eigenvalue weighted by Gasteiger charge is 2.43. The summed E-state index contributed by atoms with van der Waals surface area (Å²) < 4.78 is 4.69. The molecule has 5 atom stereocenters. The zero-order valence-corrected chi connectivity index (χ0v) is 6.74. The standard InChI is InChI=1S/C6H13NO6/c8-1-2-4(9)5(10)3(7-12)6(11)13-2/h2-12H,1H2/t2-,3+,4-,5-,6?/m1/s1. The molecule has 13 heavy (non-hydrogen) atoms. The molecular weight excluding hydrogens is 182 g/mol. The van der Waals surface area contributed by atoms with Crippen molar-refractivity contribution in [1.29, 1.82) is 0 Å². The van der Waals surface area contributed by atoms with Crippen LogP contribution in [0.15, 0.2) is 0 Å². The van der Waals surface area contributed by atoms with Gasteiger partial charge in [0.25, 0.3) is 0 Å². The number of nitrogens with one attached hydrogen (secondary N) is 1. The lowest BCUT2D eigenvalue weighted by atomic mass is 9.98. The molecule has 0 bridgehead atoms. The largest absolute Gasteiger partial charge is 0.394 e. The summed E-state index contributed by atoms with van der Waals surface area (Å²) in [7, 11) is 0. The molecule has 0 aliphatic carbocycles. The summed E-state index contributed by atoms with van der Waals surface area (Å²) in [5.74, 6) is 0. The van der Waals surface area contributed by atoms with E-state index in [0.717, 1.165) is 0 Å². The third-order valence-electron chi connectivity index (χ3n) is 2.05. The molecule has 6 N–H and O–H groups in total. The Kier molecular flexibility index (Phi) is 3.56. The van der Waals surface area contributed by atoms with E-state index in [1.165, 1.54) is 0 Å². The van der Waals surface area contributed by atoms with Crippen LogP contribution in [0, 0.1) is 0 Å². The molecule has 1 rings (SSSR count). The molecule has 1 fully saturated rings. The molecule has 1 heterocycles. The van der Waals surface area contributed by atoms with E-state index in [9.17, 15) is 10.2 Å². The van der Waals surface area contributed by atoms with Crippen LogP contribution in [0.1, 0.15) is 0 Å². The van der Waals surface area contributed by atoms with E-state index in [4.69, 9.17) is 20.2 Å². The fourth-order valence-electron chi connectivity index (χ4n) is 1.24. The van der Waals surface area contributed by atoms with Crippen molar-refractivity contribution in [2.75, 3.05) is 6.61 Å². The molecule has 78 valence electrons. The van der Waals surface area contributed by atoms with Crippen LogP contribution >= 0.6 is 0 Å². The lowest BCUT2D eigenvalue weighted by Gasteiger charge is -2.39. The second kappa shape index (κ2) is 4.29. The normalized spacial score (nSPS) is 46.4. The Morgan fingerprint density at radius 2 is 1.77 bits per heavy atom. The first-order valence-electron chi connectivity index (χ1n) is 3.82. The van der Waals surface area contributed by atoms with Gasteiger partial charge in [0.2, 0.25) is 0 Å². The summed E-state index contributed by atoms with van der Waals surface area (Å²) in [5, 5.41) is 44.8. The number of rotatable bonds is 2. The summed E-state index contributed by atoms with van der Waals surface area (Å²) in [4.78, 5) is 0. The molecule has 7 nitrogen and oxygen atoms in total. The van der Waals surface area contributed by atoms with E-state index in [2.05, 4.69) is 0 Å². The highest BCUT2D eigenvalue weighted by Crippen LogP contribution is 2.18. The van der Waals surface area contributed by atoms with Crippen molar-refractivity contribution < 1.29 is 30.4 Å². The van der Waals surface area contributed by atoms with Gasteiger partial charge >= 0.3 is 0 Å². The molecule has 0 aromatic heterocycles. The molecule has 7 heteroatoms. The molecule has 1 saturated heterocycles. The van der Waals surface area contributed by atoms with Gasteiger partial charge in [-0.1, -0.05) is 0 Å². The van der Waals surface area contributed by atoms with Gasteiger partial charge in [0, 0.05) is 0 Å². The zero-order valence-electron chi connectivity index (χ0n) is 6.74. The first kappa shape index (κ1) is 10.8. The summed E-state index contributed by atoms with van der Waals surface area (Å²) in [6.45, 7) is -0.520. The summed E-state index contributed by atoms with van der Waals surface area (Å²) in [6, 6.07) is -1.18. The van der Waals surface area contributed by atoms with Crippen LogP contribution in [0.2, 0.25) is 0 Å². The number of hydrogen-bond acceptors (Lipinski definition) is 7. The van der Waals surface area contributed by atoms with E-state index in [1.807, 2.05) is 0 Å². The van der Waals surface area contributed by atoms with Gasteiger partial charge < -0.3 is 30.4 Å². The van der Waals surface area contributed by atoms with Crippen LogP contribution < -0.4 is 5.48 Å². The third kappa shape index (κ3) is 1.97. The van der Waals surface area contributed by atoms with Gasteiger partial charge in [-0.3, -0.25) is 0 Å². The van der Waals surface area contributed by atoms with Crippen molar-refractivity contribution in [2.45, 2.75) is 30.6 Å². The molecule has 1 unspecified atom stereocenters. The third-order valence-corrected chi connectivity index (χ3v) is 2.05. The molecule has 0 saturated carbocycles. The van der Waals surface area contributed by atoms with Crippen molar-refractivity contribution in [2.24, 2.45) is 0 Å². The Balaban J connectivity index is 2.66. The Morgan fingerprint density at radius 1 is 1.15 bits per heavy atom. The van der Waals surface area contributed by atoms with Crippen LogP contribution in [0.3, 0.4) is 0 Å². The highest BCUT2D eigenvalue weighted by atomic mass is 16.6. The number of hydroxylamine groups is 1. The average molecular weight is 195 g/mol. The lowest BCUT2D eigenvalue weighted by Crippen LogP contribution is -2.62. The number of aliphatic hydroxyl groups excluding tert-OH is 4. The molecular formula is C6H13NO6. The highest BCUT2D eigenvalue weighted by molar-refractivity contribution is 4.90. The Hall–Kier alpha value is -0.280. The van der Waals surface area contributed by atoms with Crippen molar-refractivity contribution in [1.82, 2.24) is 5.48 Å². The van der Waals surface area contributed by atoms with Gasteiger partial charge in [0.05, 0.1) is 6.61 Å². The SMILES string of the molecule is OC[C@H]1OC(O)[C@@H](NO)[C@@H](O)[C@@H]1O. The fraction of sp³-hybridized carbons (Fsp3) is 1.00. The Bertz CT molecular complexity index is 167. The average Bonchev–Trinajstić information content (AvgIpc) is 2.12. The molecule has 1 aliphatic rings. The van der Waals surface area contributed by atoms with Gasteiger partial charge in [0.1, 0.15) is 24.4 Å². The van der Waals surface area contributed by atoms with Gasteiger partial charge in [0.15, 0.2) is 6.29 Å². The second-order valence-electron chi connectivity index (χ2n) is 2.88. The van der Waals surface area contributed by atoms with Crippen LogP contribution in [-0.4, -0.2) is 62.9 Å². The first-order chi connectivity index (χ1) is 6.11. The van der Waals surface area contributed by atoms with Crippen molar-refractivity contribution >= 4 is 0 Å². The number of hydrogen-bond donors (Lipinski definition) is 6. The fourth-order valence-corrected chi connectivity index (χ4v) is 1.24. The topological polar surface area (TPSA) is 122 Å². The summed E-state index contributed by atoms with van der Waals surface area (Å²) in [5.41, 5.74) is 1.61. The number of ether oxygens (including phenoxy) is 1. The first-order valence-corrected chi connectivity index (χ1v) is 3.82. The maximum atomic E-state index is 9.29. The monoisotopic (exact) mass is 195 g/mol. The van der Waals surface area contributed by atoms with E-state index < -0.39 is 37.3 Å². The van der Waals surface area contributed by atoms with Crippen molar-refractivity contribution in [3.63, 3.8) is 0 Å². The minimum atomic E-state index is -1.47. The predicted molar refractivity (Wildman–Crippen MR) is 38.7 cm³/mol. The molecule has 1 aliphatic heterocycles. The van der Waals surface area contributed by atoms with Crippen LogP contribution in [0.25, 0.3) is 0 Å². The Labute approximate surface area is 74.1 Å². The van der Waals surface area contributed by atoms with Crippen LogP contribution in [0.5, 0.6) is 0 Å². The maximum Gasteiger partial charge on any atom is 0.175 e. The van der Waals surface area contributed by atoms with Gasteiger partial charge in [-0.05, 0) is 0 Å². The summed E-state index contributed by atoms with van der Waals surface area (Å²) >= 11 is 0. The predicted octanol–water partition coefficient (Wildman–Crippen LogP) is -3.23. The number of aliphatic hydroxyl groups is 4. The molecule has 0 aromatic rings. The van der Waals surface area contributed by atoms with E-state index in [0.29, 0.717) is 0 Å². The van der Waals surface area contributed by atoms with E-state index >= 15 is 0 Å². The zero-order chi connectivity index (χ0) is 10.0. The van der Waals surface area contributed by atoms with Gasteiger partial charge in [-0.2, -0.15) is 5.48 Å². The van der Waals surface area contributed by atoms with E-state index in [-0.39, 0.29) is 0 Å². The smallest absolute Gasteiger partial charge is 0.175 e. The van der Waals surface area contributed by atoms with Crippen LogP contribution in [-0.2, 0) is 4.74 Å². The minimum Gasteiger partial charge on any atom is -0.394 e. The van der Waals surface area contributed by atoms with Gasteiger partial charge in [-0.25, -0.2) is 0 Å². The summed E-state index contributed by atoms with van der Waals surface area (Å²) in [6.07, 6.45) is -5.26. The maximum absolute atomic E-state index is 9.29. The van der Waals surface area contributed by atoms with Crippen molar-refractivity contribution in [3.05, 3.63) is 0 Å². The molecule has 0 amide bonds. The molecule has 0 aromatic carbocycles. The quantitative estimate of drug-likeness (QED) is 0.256. The van der Waals surface area contributed by atoms with Crippen molar-refractivity contribution in [3.8, 4) is 0 Å². The van der Waals surface area contributed by atoms with E-state index in [1.54, 1.807) is 5.48 Å². The van der Waals surface area contributed by atoms with Gasteiger partial charge in [-0.15, -0.1) is 0 Å². The molecule has 0 radical (unpaired) electrons. The molecule has 0 spiro atoms.